The normalized spacial score (nSPS) is 21.6. The number of hydrogen-bond acceptors (Lipinski definition) is 10. The van der Waals surface area contributed by atoms with Crippen molar-refractivity contribution in [3.05, 3.63) is 131 Å². The van der Waals surface area contributed by atoms with Crippen LogP contribution in [-0.4, -0.2) is 117 Å². The standard InChI is InChI=1S/C54H58N8O6/c63-53(49(35-11-3-1-4-12-35)59-17-9-23-65-25-21-59)61-19-7-15-43(61)51-55-31-41(57-51)37-27-39-33-68-46-30-38(28-40-34-67-45(29-37)47(39)48(40)46)42-32-56-52(58-42)44-16-8-20-62(44)54(64)50(36-13-5-2-6-14-36)60-18-10-24-66-26-22-60/h1-6,11-14,27-32,43-44,49-50H,7-10,15-26,33-34H2,(H,55,57)(H,56,58). The van der Waals surface area contributed by atoms with Gasteiger partial charge in [-0.1, -0.05) is 60.7 Å². The summed E-state index contributed by atoms with van der Waals surface area (Å²) in [6, 6.07) is 27.9. The number of aromatic nitrogens is 4. The SMILES string of the molecule is O=C(C(c1ccccc1)N1CCCOCC1)N1CCCC1c1ncc(-c2cc3c4c(c2)OCc2cc(-c5cnc(C6CCCN6C(=O)C(c6ccccc6)N6CCCOCC6)[nH]5)cc(c2-4)OC3)[nH]1. The summed E-state index contributed by atoms with van der Waals surface area (Å²) in [4.78, 5) is 55.0. The molecular weight excluding hydrogens is 857 g/mol. The fraction of sp³-hybridized carbons (Fsp3) is 0.407. The highest BCUT2D eigenvalue weighted by molar-refractivity contribution is 5.89. The Morgan fingerprint density at radius 1 is 0.544 bits per heavy atom. The molecule has 4 atom stereocenters. The number of ether oxygens (including phenoxy) is 4. The molecule has 350 valence electrons. The van der Waals surface area contributed by atoms with Crippen LogP contribution in [-0.2, 0) is 32.3 Å². The molecule has 14 nitrogen and oxygen atoms in total. The largest absolute Gasteiger partial charge is 0.488 e. The Bertz CT molecular complexity index is 2540. The van der Waals surface area contributed by atoms with E-state index in [0.717, 1.165) is 157 Å². The second-order valence-corrected chi connectivity index (χ2v) is 19.0. The molecule has 0 spiro atoms. The number of H-pyrrole nitrogens is 2. The number of hydrogen-bond donors (Lipinski definition) is 2. The summed E-state index contributed by atoms with van der Waals surface area (Å²) in [5.74, 6) is 3.48. The molecule has 0 bridgehead atoms. The first-order valence-corrected chi connectivity index (χ1v) is 24.6. The van der Waals surface area contributed by atoms with Gasteiger partial charge in [0.2, 0.25) is 11.8 Å². The van der Waals surface area contributed by atoms with Crippen molar-refractivity contribution in [3.8, 4) is 45.1 Å². The van der Waals surface area contributed by atoms with Gasteiger partial charge in [0, 0.05) is 85.9 Å². The number of nitrogens with zero attached hydrogens (tertiary/aromatic N) is 6. The Hall–Kier alpha value is -6.32. The molecule has 68 heavy (non-hydrogen) atoms. The van der Waals surface area contributed by atoms with Crippen molar-refractivity contribution in [2.24, 2.45) is 0 Å². The van der Waals surface area contributed by atoms with E-state index in [1.54, 1.807) is 0 Å². The lowest BCUT2D eigenvalue weighted by molar-refractivity contribution is -0.139. The molecule has 6 aliphatic rings. The van der Waals surface area contributed by atoms with Crippen molar-refractivity contribution in [1.29, 1.82) is 0 Å². The van der Waals surface area contributed by atoms with Gasteiger partial charge in [0.15, 0.2) is 0 Å². The Kier molecular flexibility index (Phi) is 11.8. The van der Waals surface area contributed by atoms with E-state index in [2.05, 4.69) is 68.3 Å². The van der Waals surface area contributed by atoms with Crippen LogP contribution in [0.4, 0.5) is 0 Å². The molecule has 0 saturated carbocycles. The average molecular weight is 915 g/mol. The lowest BCUT2D eigenvalue weighted by Crippen LogP contribution is -2.44. The van der Waals surface area contributed by atoms with Crippen LogP contribution in [0.5, 0.6) is 11.5 Å². The summed E-state index contributed by atoms with van der Waals surface area (Å²) in [6.07, 6.45) is 9.10. The second-order valence-electron chi connectivity index (χ2n) is 19.0. The van der Waals surface area contributed by atoms with E-state index in [1.807, 2.05) is 58.6 Å². The number of carbonyl (C=O) groups excluding carboxylic acids is 2. The first-order valence-electron chi connectivity index (χ1n) is 24.6. The van der Waals surface area contributed by atoms with Gasteiger partial charge in [-0.05, 0) is 73.9 Å². The van der Waals surface area contributed by atoms with Crippen LogP contribution in [0.25, 0.3) is 33.6 Å². The molecule has 14 heteroatoms. The maximum atomic E-state index is 14.6. The Morgan fingerprint density at radius 2 is 1.00 bits per heavy atom. The second kappa shape index (κ2) is 18.6. The summed E-state index contributed by atoms with van der Waals surface area (Å²) in [5, 5.41) is 0. The molecular formula is C54H58N8O6. The number of benzene rings is 4. The van der Waals surface area contributed by atoms with E-state index in [0.29, 0.717) is 39.5 Å². The van der Waals surface area contributed by atoms with Crippen molar-refractivity contribution in [1.82, 2.24) is 39.5 Å². The zero-order valence-corrected chi connectivity index (χ0v) is 38.4. The van der Waals surface area contributed by atoms with Gasteiger partial charge in [-0.2, -0.15) is 0 Å². The topological polar surface area (TPSA) is 141 Å². The van der Waals surface area contributed by atoms with Gasteiger partial charge in [0.05, 0.1) is 49.1 Å². The van der Waals surface area contributed by atoms with Crippen LogP contribution in [0.3, 0.4) is 0 Å². The van der Waals surface area contributed by atoms with Gasteiger partial charge in [0.25, 0.3) is 0 Å². The molecule has 6 aliphatic heterocycles. The molecule has 2 amide bonds. The van der Waals surface area contributed by atoms with Gasteiger partial charge >= 0.3 is 0 Å². The first-order chi connectivity index (χ1) is 33.6. The molecule has 4 unspecified atom stereocenters. The minimum atomic E-state index is -0.371. The van der Waals surface area contributed by atoms with Crippen LogP contribution < -0.4 is 9.47 Å². The molecule has 2 aromatic heterocycles. The Labute approximate surface area is 396 Å². The van der Waals surface area contributed by atoms with Crippen molar-refractivity contribution in [2.45, 2.75) is 75.9 Å². The van der Waals surface area contributed by atoms with Crippen molar-refractivity contribution >= 4 is 11.8 Å². The van der Waals surface area contributed by atoms with Crippen molar-refractivity contribution in [2.75, 3.05) is 65.7 Å². The highest BCUT2D eigenvalue weighted by Gasteiger charge is 2.41. The lowest BCUT2D eigenvalue weighted by Gasteiger charge is -2.34. The zero-order valence-electron chi connectivity index (χ0n) is 38.4. The van der Waals surface area contributed by atoms with Crippen LogP contribution in [0.15, 0.2) is 97.3 Å². The number of rotatable bonds is 10. The number of aromatic amines is 2. The third-order valence-corrected chi connectivity index (χ3v) is 14.8. The molecule has 0 radical (unpaired) electrons. The Morgan fingerprint density at radius 3 is 1.46 bits per heavy atom. The lowest BCUT2D eigenvalue weighted by atomic mass is 9.87. The summed E-state index contributed by atoms with van der Waals surface area (Å²) in [7, 11) is 0. The zero-order chi connectivity index (χ0) is 45.6. The van der Waals surface area contributed by atoms with Gasteiger partial charge in [-0.15, -0.1) is 0 Å². The van der Waals surface area contributed by atoms with Crippen LogP contribution in [0.1, 0.15) is 96.6 Å². The summed E-state index contributed by atoms with van der Waals surface area (Å²) in [5.41, 5.74) is 9.95. The van der Waals surface area contributed by atoms with E-state index in [4.69, 9.17) is 28.9 Å². The van der Waals surface area contributed by atoms with E-state index >= 15 is 0 Å². The number of nitrogens with one attached hydrogen (secondary N) is 2. The van der Waals surface area contributed by atoms with Crippen LogP contribution in [0, 0.1) is 0 Å². The quantitative estimate of drug-likeness (QED) is 0.138. The molecule has 8 heterocycles. The van der Waals surface area contributed by atoms with E-state index < -0.39 is 0 Å². The maximum Gasteiger partial charge on any atom is 0.245 e. The molecule has 0 aliphatic carbocycles. The number of amides is 2. The van der Waals surface area contributed by atoms with Crippen molar-refractivity contribution < 1.29 is 28.5 Å². The molecule has 4 fully saturated rings. The third kappa shape index (κ3) is 8.06. The third-order valence-electron chi connectivity index (χ3n) is 14.8. The maximum absolute atomic E-state index is 14.6. The predicted molar refractivity (Wildman–Crippen MR) is 255 cm³/mol. The van der Waals surface area contributed by atoms with Gasteiger partial charge in [-0.25, -0.2) is 9.97 Å². The van der Waals surface area contributed by atoms with Gasteiger partial charge in [-0.3, -0.25) is 19.4 Å². The predicted octanol–water partition coefficient (Wildman–Crippen LogP) is 8.17. The van der Waals surface area contributed by atoms with E-state index in [1.165, 1.54) is 0 Å². The smallest absolute Gasteiger partial charge is 0.245 e. The summed E-state index contributed by atoms with van der Waals surface area (Å²) in [6.45, 7) is 7.91. The first kappa shape index (κ1) is 43.0. The van der Waals surface area contributed by atoms with E-state index in [9.17, 15) is 9.59 Å². The van der Waals surface area contributed by atoms with Gasteiger partial charge < -0.3 is 38.7 Å². The fourth-order valence-corrected chi connectivity index (χ4v) is 11.6. The van der Waals surface area contributed by atoms with Crippen LogP contribution in [0.2, 0.25) is 0 Å². The van der Waals surface area contributed by atoms with Crippen molar-refractivity contribution in [3.63, 3.8) is 0 Å². The number of imidazole rings is 2. The van der Waals surface area contributed by atoms with E-state index in [-0.39, 0.29) is 36.0 Å². The number of likely N-dealkylation sites (tertiary alicyclic amines) is 2. The monoisotopic (exact) mass is 914 g/mol. The molecule has 6 aromatic rings. The van der Waals surface area contributed by atoms with Crippen LogP contribution >= 0.6 is 0 Å². The number of carbonyl (C=O) groups is 2. The highest BCUT2D eigenvalue weighted by Crippen LogP contribution is 2.51. The fourth-order valence-electron chi connectivity index (χ4n) is 11.6. The summed E-state index contributed by atoms with van der Waals surface area (Å²) < 4.78 is 24.7. The molecule has 4 saturated heterocycles. The average Bonchev–Trinajstić information content (AvgIpc) is 4.20. The molecule has 2 N–H and O–H groups in total. The minimum absolute atomic E-state index is 0.118. The molecule has 12 rings (SSSR count). The molecule has 4 aromatic carbocycles. The Balaban J connectivity index is 0.778. The summed E-state index contributed by atoms with van der Waals surface area (Å²) >= 11 is 0. The van der Waals surface area contributed by atoms with Gasteiger partial charge in [0.1, 0.15) is 48.4 Å². The minimum Gasteiger partial charge on any atom is -0.488 e. The highest BCUT2D eigenvalue weighted by atomic mass is 16.5.